The van der Waals surface area contributed by atoms with E-state index in [1.165, 1.54) is 4.90 Å². The molecule has 1 fully saturated rings. The second kappa shape index (κ2) is 8.34. The van der Waals surface area contributed by atoms with Crippen LogP contribution in [-0.4, -0.2) is 53.1 Å². The molecule has 2 aromatic rings. The van der Waals surface area contributed by atoms with E-state index in [1.807, 2.05) is 30.0 Å². The minimum absolute atomic E-state index is 0.0725. The number of fused-ring (bicyclic) bond motifs is 1. The standard InChI is InChI=1S/C24H25N3O4/c1-15-3-10-19-20(13-15)24(31)26(23(19)30)12-11-21(28)27(18-8-9-18)14-16-4-6-17(7-5-16)22(29)25-2/h3-7,10,13,18H,8-9,11-12,14H2,1-2H3,(H,25,29). The zero-order chi connectivity index (χ0) is 22.1. The van der Waals surface area contributed by atoms with E-state index in [9.17, 15) is 19.2 Å². The summed E-state index contributed by atoms with van der Waals surface area (Å²) in [5.41, 5.74) is 3.23. The van der Waals surface area contributed by atoms with Crippen LogP contribution in [0.15, 0.2) is 42.5 Å². The van der Waals surface area contributed by atoms with Crippen LogP contribution in [0.2, 0.25) is 0 Å². The van der Waals surface area contributed by atoms with Crippen molar-refractivity contribution in [3.63, 3.8) is 0 Å². The average molecular weight is 419 g/mol. The Hall–Kier alpha value is -3.48. The number of hydrogen-bond acceptors (Lipinski definition) is 4. The third-order valence-electron chi connectivity index (χ3n) is 5.78. The molecular weight excluding hydrogens is 394 g/mol. The van der Waals surface area contributed by atoms with E-state index in [0.29, 0.717) is 23.2 Å². The first-order valence-electron chi connectivity index (χ1n) is 10.5. The van der Waals surface area contributed by atoms with Gasteiger partial charge in [-0.1, -0.05) is 23.8 Å². The minimum Gasteiger partial charge on any atom is -0.355 e. The summed E-state index contributed by atoms with van der Waals surface area (Å²) in [5.74, 6) is -0.904. The second-order valence-corrected chi connectivity index (χ2v) is 8.09. The van der Waals surface area contributed by atoms with Gasteiger partial charge in [0.1, 0.15) is 0 Å². The molecule has 7 nitrogen and oxygen atoms in total. The summed E-state index contributed by atoms with van der Waals surface area (Å²) in [6.07, 6.45) is 2.00. The summed E-state index contributed by atoms with van der Waals surface area (Å²) in [5, 5.41) is 2.59. The topological polar surface area (TPSA) is 86.8 Å². The molecule has 0 bridgehead atoms. The Morgan fingerprint density at radius 2 is 1.71 bits per heavy atom. The molecule has 7 heteroatoms. The van der Waals surface area contributed by atoms with Crippen molar-refractivity contribution in [3.05, 3.63) is 70.3 Å². The van der Waals surface area contributed by atoms with Crippen LogP contribution in [-0.2, 0) is 11.3 Å². The van der Waals surface area contributed by atoms with Crippen LogP contribution in [0.1, 0.15) is 61.5 Å². The van der Waals surface area contributed by atoms with Gasteiger partial charge in [0.15, 0.2) is 0 Å². The molecule has 1 aliphatic carbocycles. The lowest BCUT2D eigenvalue weighted by molar-refractivity contribution is -0.132. The van der Waals surface area contributed by atoms with E-state index >= 15 is 0 Å². The van der Waals surface area contributed by atoms with Crippen molar-refractivity contribution in [1.29, 1.82) is 0 Å². The normalized spacial score (nSPS) is 15.1. The molecular formula is C24H25N3O4. The van der Waals surface area contributed by atoms with Crippen LogP contribution >= 0.6 is 0 Å². The molecule has 0 spiro atoms. The van der Waals surface area contributed by atoms with Gasteiger partial charge in [-0.2, -0.15) is 0 Å². The highest BCUT2D eigenvalue weighted by Gasteiger charge is 2.37. The number of carbonyl (C=O) groups is 4. The number of nitrogens with zero attached hydrogens (tertiary/aromatic N) is 2. The van der Waals surface area contributed by atoms with Gasteiger partial charge in [-0.05, 0) is 49.6 Å². The van der Waals surface area contributed by atoms with E-state index in [1.54, 1.807) is 31.3 Å². The lowest BCUT2D eigenvalue weighted by Crippen LogP contribution is -2.37. The number of hydrogen-bond donors (Lipinski definition) is 1. The minimum atomic E-state index is -0.337. The maximum Gasteiger partial charge on any atom is 0.261 e. The maximum atomic E-state index is 13.0. The first-order chi connectivity index (χ1) is 14.9. The van der Waals surface area contributed by atoms with Gasteiger partial charge in [0.05, 0.1) is 11.1 Å². The Bertz CT molecular complexity index is 1060. The summed E-state index contributed by atoms with van der Waals surface area (Å²) >= 11 is 0. The molecule has 4 amide bonds. The fourth-order valence-electron chi connectivity index (χ4n) is 3.87. The Labute approximate surface area is 181 Å². The van der Waals surface area contributed by atoms with E-state index < -0.39 is 0 Å². The maximum absolute atomic E-state index is 13.0. The van der Waals surface area contributed by atoms with Crippen LogP contribution in [0.4, 0.5) is 0 Å². The summed E-state index contributed by atoms with van der Waals surface area (Å²) in [6.45, 7) is 2.39. The molecule has 2 aromatic carbocycles. The van der Waals surface area contributed by atoms with Gasteiger partial charge >= 0.3 is 0 Å². The van der Waals surface area contributed by atoms with Gasteiger partial charge in [0, 0.05) is 38.2 Å². The number of rotatable bonds is 7. The number of imide groups is 1. The number of benzene rings is 2. The van der Waals surface area contributed by atoms with Crippen molar-refractivity contribution in [2.24, 2.45) is 0 Å². The average Bonchev–Trinajstić information content (AvgIpc) is 3.58. The molecule has 31 heavy (non-hydrogen) atoms. The molecule has 2 aliphatic rings. The smallest absolute Gasteiger partial charge is 0.261 e. The molecule has 4 rings (SSSR count). The zero-order valence-electron chi connectivity index (χ0n) is 17.7. The van der Waals surface area contributed by atoms with Gasteiger partial charge in [0.25, 0.3) is 17.7 Å². The van der Waals surface area contributed by atoms with E-state index in [4.69, 9.17) is 0 Å². The number of carbonyl (C=O) groups excluding carboxylic acids is 4. The van der Waals surface area contributed by atoms with Crippen LogP contribution in [0.5, 0.6) is 0 Å². The van der Waals surface area contributed by atoms with Crippen LogP contribution in [0.3, 0.4) is 0 Å². The van der Waals surface area contributed by atoms with Crippen molar-refractivity contribution in [2.75, 3.05) is 13.6 Å². The third-order valence-corrected chi connectivity index (χ3v) is 5.78. The van der Waals surface area contributed by atoms with Crippen molar-refractivity contribution in [1.82, 2.24) is 15.1 Å². The predicted molar refractivity (Wildman–Crippen MR) is 115 cm³/mol. The highest BCUT2D eigenvalue weighted by atomic mass is 16.2. The molecule has 0 radical (unpaired) electrons. The van der Waals surface area contributed by atoms with Gasteiger partial charge in [-0.25, -0.2) is 0 Å². The highest BCUT2D eigenvalue weighted by molar-refractivity contribution is 6.21. The molecule has 0 saturated heterocycles. The SMILES string of the molecule is CNC(=O)c1ccc(CN(C(=O)CCN2C(=O)c3ccc(C)cc3C2=O)C2CC2)cc1. The summed E-state index contributed by atoms with van der Waals surface area (Å²) in [4.78, 5) is 52.9. The third kappa shape index (κ3) is 4.21. The van der Waals surface area contributed by atoms with Crippen molar-refractivity contribution in [2.45, 2.75) is 38.8 Å². The van der Waals surface area contributed by atoms with Crippen molar-refractivity contribution >= 4 is 23.6 Å². The highest BCUT2D eigenvalue weighted by Crippen LogP contribution is 2.30. The van der Waals surface area contributed by atoms with Gasteiger partial charge in [-0.15, -0.1) is 0 Å². The van der Waals surface area contributed by atoms with Gasteiger partial charge < -0.3 is 10.2 Å². The molecule has 0 atom stereocenters. The quantitative estimate of drug-likeness (QED) is 0.699. The van der Waals surface area contributed by atoms with Gasteiger partial charge in [-0.3, -0.25) is 24.1 Å². The zero-order valence-corrected chi connectivity index (χ0v) is 17.7. The Balaban J connectivity index is 1.40. The fraction of sp³-hybridized carbons (Fsp3) is 0.333. The van der Waals surface area contributed by atoms with Crippen LogP contribution in [0.25, 0.3) is 0 Å². The van der Waals surface area contributed by atoms with Crippen LogP contribution in [0, 0.1) is 6.92 Å². The Morgan fingerprint density at radius 1 is 1.03 bits per heavy atom. The summed E-state index contributed by atoms with van der Waals surface area (Å²) in [6, 6.07) is 12.6. The largest absolute Gasteiger partial charge is 0.355 e. The van der Waals surface area contributed by atoms with Crippen molar-refractivity contribution < 1.29 is 19.2 Å². The molecule has 0 aromatic heterocycles. The predicted octanol–water partition coefficient (Wildman–Crippen LogP) is 2.53. The van der Waals surface area contributed by atoms with Crippen molar-refractivity contribution in [3.8, 4) is 0 Å². The van der Waals surface area contributed by atoms with E-state index in [-0.39, 0.29) is 42.6 Å². The Kier molecular flexibility index (Phi) is 5.59. The molecule has 1 heterocycles. The molecule has 1 aliphatic heterocycles. The monoisotopic (exact) mass is 419 g/mol. The van der Waals surface area contributed by atoms with E-state index in [2.05, 4.69) is 5.32 Å². The molecule has 160 valence electrons. The first kappa shape index (κ1) is 20.8. The van der Waals surface area contributed by atoms with E-state index in [0.717, 1.165) is 24.0 Å². The number of aryl methyl sites for hydroxylation is 1. The lowest BCUT2D eigenvalue weighted by Gasteiger charge is -2.24. The van der Waals surface area contributed by atoms with Crippen LogP contribution < -0.4 is 5.32 Å². The molecule has 1 N–H and O–H groups in total. The lowest BCUT2D eigenvalue weighted by atomic mass is 10.1. The Morgan fingerprint density at radius 3 is 2.35 bits per heavy atom. The first-order valence-corrected chi connectivity index (χ1v) is 10.5. The van der Waals surface area contributed by atoms with Gasteiger partial charge in [0.2, 0.25) is 5.91 Å². The summed E-state index contributed by atoms with van der Waals surface area (Å²) < 4.78 is 0. The summed E-state index contributed by atoms with van der Waals surface area (Å²) in [7, 11) is 1.58. The number of amides is 4. The second-order valence-electron chi connectivity index (χ2n) is 8.09. The number of nitrogens with one attached hydrogen (secondary N) is 1. The molecule has 1 saturated carbocycles. The fourth-order valence-corrected chi connectivity index (χ4v) is 3.87. The molecule has 0 unspecified atom stereocenters.